The second kappa shape index (κ2) is 7.43. The summed E-state index contributed by atoms with van der Waals surface area (Å²) in [5, 5.41) is 11.5. The molecule has 0 radical (unpaired) electrons. The molecule has 132 valence electrons. The molecular weight excluding hydrogens is 326 g/mol. The van der Waals surface area contributed by atoms with E-state index in [2.05, 4.69) is 30.4 Å². The Morgan fingerprint density at radius 3 is 2.65 bits per heavy atom. The third-order valence-corrected chi connectivity index (χ3v) is 4.48. The smallest absolute Gasteiger partial charge is 0.180 e. The van der Waals surface area contributed by atoms with Gasteiger partial charge in [0, 0.05) is 43.3 Å². The topological polar surface area (TPSA) is 79.7 Å². The predicted molar refractivity (Wildman–Crippen MR) is 101 cm³/mol. The quantitative estimate of drug-likeness (QED) is 0.777. The van der Waals surface area contributed by atoms with Gasteiger partial charge in [0.1, 0.15) is 17.3 Å². The third-order valence-electron chi connectivity index (χ3n) is 4.48. The number of hydrogen-bond acceptors (Lipinski definition) is 7. The van der Waals surface area contributed by atoms with Crippen LogP contribution in [0.5, 0.6) is 0 Å². The fraction of sp³-hybridized carbons (Fsp3) is 0.316. The van der Waals surface area contributed by atoms with E-state index in [0.717, 1.165) is 49.0 Å². The molecule has 1 aliphatic heterocycles. The van der Waals surface area contributed by atoms with Crippen molar-refractivity contribution in [1.29, 1.82) is 0 Å². The number of hydrogen-bond donors (Lipinski definition) is 1. The highest BCUT2D eigenvalue weighted by molar-refractivity contribution is 5.53. The van der Waals surface area contributed by atoms with Crippen molar-refractivity contribution in [3.8, 4) is 11.5 Å². The maximum absolute atomic E-state index is 4.75. The second-order valence-electron chi connectivity index (χ2n) is 6.42. The van der Waals surface area contributed by atoms with Crippen molar-refractivity contribution < 1.29 is 0 Å². The van der Waals surface area contributed by atoms with Gasteiger partial charge in [-0.05, 0) is 44.0 Å². The van der Waals surface area contributed by atoms with Gasteiger partial charge >= 0.3 is 0 Å². The summed E-state index contributed by atoms with van der Waals surface area (Å²) in [6.07, 6.45) is 5.51. The summed E-state index contributed by atoms with van der Waals surface area (Å²) >= 11 is 0. The molecule has 7 heteroatoms. The van der Waals surface area contributed by atoms with Gasteiger partial charge in [-0.25, -0.2) is 9.97 Å². The molecule has 4 rings (SSSR count). The Morgan fingerprint density at radius 2 is 1.92 bits per heavy atom. The average Bonchev–Trinajstić information content (AvgIpc) is 2.70. The molecule has 1 saturated heterocycles. The first-order chi connectivity index (χ1) is 12.8. The van der Waals surface area contributed by atoms with Crippen molar-refractivity contribution in [2.45, 2.75) is 25.8 Å². The van der Waals surface area contributed by atoms with Gasteiger partial charge in [0.15, 0.2) is 5.82 Å². The number of piperidine rings is 1. The van der Waals surface area contributed by atoms with Crippen molar-refractivity contribution in [1.82, 2.24) is 25.1 Å². The molecule has 3 aromatic heterocycles. The lowest BCUT2D eigenvalue weighted by molar-refractivity contribution is 0.521. The van der Waals surface area contributed by atoms with Crippen LogP contribution in [0.1, 0.15) is 18.5 Å². The number of aryl methyl sites for hydroxylation is 1. The normalized spacial score (nSPS) is 15.0. The Labute approximate surface area is 152 Å². The summed E-state index contributed by atoms with van der Waals surface area (Å²) < 4.78 is 0. The number of pyridine rings is 1. The summed E-state index contributed by atoms with van der Waals surface area (Å²) in [5.41, 5.74) is 1.76. The lowest BCUT2D eigenvalue weighted by Crippen LogP contribution is -2.39. The van der Waals surface area contributed by atoms with E-state index in [-0.39, 0.29) is 0 Å². The van der Waals surface area contributed by atoms with Crippen LogP contribution in [0, 0.1) is 6.92 Å². The summed E-state index contributed by atoms with van der Waals surface area (Å²) in [5.74, 6) is 2.48. The minimum atomic E-state index is 0.404. The van der Waals surface area contributed by atoms with Crippen LogP contribution in [0.15, 0.2) is 48.8 Å². The molecule has 1 fully saturated rings. The van der Waals surface area contributed by atoms with E-state index in [4.69, 9.17) is 4.98 Å². The summed E-state index contributed by atoms with van der Waals surface area (Å²) in [6.45, 7) is 3.88. The zero-order valence-corrected chi connectivity index (χ0v) is 14.7. The van der Waals surface area contributed by atoms with Crippen LogP contribution in [0.2, 0.25) is 0 Å². The van der Waals surface area contributed by atoms with Crippen LogP contribution < -0.4 is 10.2 Å². The molecule has 0 atom stereocenters. The molecule has 7 nitrogen and oxygen atoms in total. The lowest BCUT2D eigenvalue weighted by Gasteiger charge is -2.33. The maximum atomic E-state index is 4.75. The summed E-state index contributed by atoms with van der Waals surface area (Å²) in [6, 6.07) is 12.1. The van der Waals surface area contributed by atoms with E-state index in [1.807, 2.05) is 43.3 Å². The second-order valence-corrected chi connectivity index (χ2v) is 6.42. The molecule has 1 aliphatic rings. The maximum Gasteiger partial charge on any atom is 0.180 e. The lowest BCUT2D eigenvalue weighted by atomic mass is 10.0. The van der Waals surface area contributed by atoms with Gasteiger partial charge in [-0.15, -0.1) is 5.10 Å². The number of aromatic nitrogens is 5. The van der Waals surface area contributed by atoms with Crippen molar-refractivity contribution >= 4 is 11.6 Å². The van der Waals surface area contributed by atoms with Crippen molar-refractivity contribution in [3.05, 3.63) is 54.5 Å². The van der Waals surface area contributed by atoms with Gasteiger partial charge in [0.2, 0.25) is 0 Å². The summed E-state index contributed by atoms with van der Waals surface area (Å²) in [7, 11) is 0. The molecule has 0 amide bonds. The molecular formula is C19H21N7. The van der Waals surface area contributed by atoms with Crippen LogP contribution in [-0.4, -0.2) is 44.3 Å². The molecule has 1 N–H and O–H groups in total. The largest absolute Gasteiger partial charge is 0.366 e. The van der Waals surface area contributed by atoms with Crippen LogP contribution in [-0.2, 0) is 0 Å². The molecule has 0 aliphatic carbocycles. The third kappa shape index (κ3) is 3.77. The minimum Gasteiger partial charge on any atom is -0.366 e. The monoisotopic (exact) mass is 347 g/mol. The van der Waals surface area contributed by atoms with Gasteiger partial charge in [-0.2, -0.15) is 5.10 Å². The highest BCUT2D eigenvalue weighted by Crippen LogP contribution is 2.23. The molecule has 26 heavy (non-hydrogen) atoms. The molecule has 0 saturated carbocycles. The van der Waals surface area contributed by atoms with E-state index in [1.54, 1.807) is 12.4 Å². The highest BCUT2D eigenvalue weighted by Gasteiger charge is 2.21. The first-order valence-electron chi connectivity index (χ1n) is 8.84. The van der Waals surface area contributed by atoms with Crippen molar-refractivity contribution in [2.24, 2.45) is 0 Å². The van der Waals surface area contributed by atoms with Gasteiger partial charge < -0.3 is 10.2 Å². The molecule has 3 aromatic rings. The fourth-order valence-corrected chi connectivity index (χ4v) is 3.16. The Morgan fingerprint density at radius 1 is 1.04 bits per heavy atom. The van der Waals surface area contributed by atoms with E-state index in [9.17, 15) is 0 Å². The van der Waals surface area contributed by atoms with Crippen LogP contribution in [0.4, 0.5) is 11.6 Å². The first kappa shape index (κ1) is 16.4. The number of rotatable bonds is 4. The Kier molecular flexibility index (Phi) is 4.68. The van der Waals surface area contributed by atoms with Crippen molar-refractivity contribution in [2.75, 3.05) is 23.3 Å². The average molecular weight is 347 g/mol. The predicted octanol–water partition coefficient (Wildman–Crippen LogP) is 2.72. The van der Waals surface area contributed by atoms with Gasteiger partial charge in [0.25, 0.3) is 0 Å². The minimum absolute atomic E-state index is 0.404. The van der Waals surface area contributed by atoms with E-state index < -0.39 is 0 Å². The number of anilines is 2. The van der Waals surface area contributed by atoms with Crippen LogP contribution in [0.25, 0.3) is 11.5 Å². The Balaban J connectivity index is 1.45. The van der Waals surface area contributed by atoms with E-state index in [0.29, 0.717) is 11.9 Å². The molecule has 0 aromatic carbocycles. The number of nitrogens with zero attached hydrogens (tertiary/aromatic N) is 6. The van der Waals surface area contributed by atoms with Crippen molar-refractivity contribution in [3.63, 3.8) is 0 Å². The van der Waals surface area contributed by atoms with Gasteiger partial charge in [0.05, 0.1) is 0 Å². The summed E-state index contributed by atoms with van der Waals surface area (Å²) in [4.78, 5) is 16.0. The molecule has 4 heterocycles. The Bertz CT molecular complexity index is 846. The molecule has 0 bridgehead atoms. The van der Waals surface area contributed by atoms with E-state index >= 15 is 0 Å². The Hall–Kier alpha value is -3.09. The molecule has 0 spiro atoms. The van der Waals surface area contributed by atoms with Crippen LogP contribution >= 0.6 is 0 Å². The highest BCUT2D eigenvalue weighted by atomic mass is 15.2. The first-order valence-corrected chi connectivity index (χ1v) is 8.84. The fourth-order valence-electron chi connectivity index (χ4n) is 3.16. The van der Waals surface area contributed by atoms with E-state index in [1.165, 1.54) is 0 Å². The van der Waals surface area contributed by atoms with Crippen LogP contribution in [0.3, 0.4) is 0 Å². The zero-order valence-electron chi connectivity index (χ0n) is 14.7. The van der Waals surface area contributed by atoms with Gasteiger partial charge in [-0.1, -0.05) is 6.07 Å². The molecule has 0 unspecified atom stereocenters. The van der Waals surface area contributed by atoms with Gasteiger partial charge in [-0.3, -0.25) is 4.98 Å². The standard InChI is InChI=1S/C19H21N7/c1-14-13-18(24-19(22-14)16-5-2-3-9-20-16)26-11-7-15(8-12-26)23-17-6-4-10-21-25-17/h2-6,9-10,13,15H,7-8,11-12H2,1H3,(H,23,25). The SMILES string of the molecule is Cc1cc(N2CCC(Nc3cccnn3)CC2)nc(-c2ccccn2)n1. The zero-order chi connectivity index (χ0) is 17.8. The number of nitrogens with one attached hydrogen (secondary N) is 1.